The lowest BCUT2D eigenvalue weighted by molar-refractivity contribution is -0.133. The molecular formula is C25H30N4O4. The molecule has 2 aromatic rings. The summed E-state index contributed by atoms with van der Waals surface area (Å²) in [6.45, 7) is 2.75. The molecule has 1 aromatic carbocycles. The van der Waals surface area contributed by atoms with E-state index in [1.54, 1.807) is 16.4 Å². The van der Waals surface area contributed by atoms with E-state index in [0.717, 1.165) is 24.8 Å². The predicted molar refractivity (Wildman–Crippen MR) is 122 cm³/mol. The molecule has 0 saturated heterocycles. The third-order valence-corrected chi connectivity index (χ3v) is 6.56. The Kier molecular flexibility index (Phi) is 6.62. The maximum absolute atomic E-state index is 13.6. The van der Waals surface area contributed by atoms with E-state index in [0.29, 0.717) is 19.5 Å². The van der Waals surface area contributed by atoms with Gasteiger partial charge in [-0.1, -0.05) is 42.0 Å². The number of allylic oxidation sites excluding steroid dienone is 1. The molecule has 0 unspecified atom stereocenters. The minimum absolute atomic E-state index is 0.0175. The second-order valence-electron chi connectivity index (χ2n) is 8.82. The van der Waals surface area contributed by atoms with E-state index in [4.69, 9.17) is 4.74 Å². The van der Waals surface area contributed by atoms with Gasteiger partial charge in [-0.2, -0.15) is 0 Å². The van der Waals surface area contributed by atoms with Crippen LogP contribution >= 0.6 is 0 Å². The number of methoxy groups -OCH3 is 1. The summed E-state index contributed by atoms with van der Waals surface area (Å²) in [5.74, 6) is -1.28. The van der Waals surface area contributed by atoms with Crippen LogP contribution in [-0.4, -0.2) is 51.4 Å². The van der Waals surface area contributed by atoms with Crippen molar-refractivity contribution in [3.05, 3.63) is 65.3 Å². The normalized spacial score (nSPS) is 20.1. The van der Waals surface area contributed by atoms with Crippen molar-refractivity contribution in [2.75, 3.05) is 13.7 Å². The lowest BCUT2D eigenvalue weighted by atomic mass is 9.92. The lowest BCUT2D eigenvalue weighted by Gasteiger charge is -2.44. The van der Waals surface area contributed by atoms with Crippen LogP contribution in [0.5, 0.6) is 0 Å². The first-order valence-electron chi connectivity index (χ1n) is 11.4. The fourth-order valence-electron chi connectivity index (χ4n) is 4.64. The molecule has 174 valence electrons. The van der Waals surface area contributed by atoms with Crippen molar-refractivity contribution in [3.63, 3.8) is 0 Å². The summed E-state index contributed by atoms with van der Waals surface area (Å²) in [5, 5.41) is 3.00. The molecule has 1 N–H and O–H groups in total. The highest BCUT2D eigenvalue weighted by molar-refractivity contribution is 6.06. The number of carbonyl (C=O) groups excluding carboxylic acids is 3. The Bertz CT molecular complexity index is 1080. The Morgan fingerprint density at radius 2 is 2.00 bits per heavy atom. The zero-order valence-corrected chi connectivity index (χ0v) is 19.2. The van der Waals surface area contributed by atoms with Gasteiger partial charge in [0.05, 0.1) is 20.0 Å². The maximum atomic E-state index is 13.6. The Balaban J connectivity index is 1.62. The van der Waals surface area contributed by atoms with Gasteiger partial charge in [-0.25, -0.2) is 9.78 Å². The van der Waals surface area contributed by atoms with Crippen LogP contribution in [0.15, 0.2) is 48.3 Å². The van der Waals surface area contributed by atoms with E-state index >= 15 is 0 Å². The van der Waals surface area contributed by atoms with Crippen molar-refractivity contribution in [3.8, 4) is 0 Å². The van der Waals surface area contributed by atoms with Crippen molar-refractivity contribution in [1.82, 2.24) is 19.8 Å². The van der Waals surface area contributed by atoms with Gasteiger partial charge < -0.3 is 19.5 Å². The Labute approximate surface area is 193 Å². The molecule has 0 bridgehead atoms. The zero-order chi connectivity index (χ0) is 23.4. The van der Waals surface area contributed by atoms with Crippen molar-refractivity contribution < 1.29 is 19.1 Å². The highest BCUT2D eigenvalue weighted by Gasteiger charge is 2.48. The molecule has 1 atom stereocenters. The molecule has 2 heterocycles. The maximum Gasteiger partial charge on any atom is 0.359 e. The minimum Gasteiger partial charge on any atom is -0.464 e. The van der Waals surface area contributed by atoms with E-state index in [1.165, 1.54) is 25.4 Å². The third-order valence-electron chi connectivity index (χ3n) is 6.56. The molecule has 0 fully saturated rings. The van der Waals surface area contributed by atoms with E-state index in [2.05, 4.69) is 16.4 Å². The molecule has 1 aliphatic carbocycles. The third kappa shape index (κ3) is 4.55. The van der Waals surface area contributed by atoms with Crippen molar-refractivity contribution in [1.29, 1.82) is 0 Å². The summed E-state index contributed by atoms with van der Waals surface area (Å²) in [6.07, 6.45) is 8.79. The van der Waals surface area contributed by atoms with E-state index < -0.39 is 11.5 Å². The number of hydrogen-bond donors (Lipinski definition) is 1. The summed E-state index contributed by atoms with van der Waals surface area (Å²) < 4.78 is 6.40. The fourth-order valence-corrected chi connectivity index (χ4v) is 4.64. The van der Waals surface area contributed by atoms with Crippen LogP contribution in [0.4, 0.5) is 0 Å². The van der Waals surface area contributed by atoms with Gasteiger partial charge in [-0.15, -0.1) is 0 Å². The van der Waals surface area contributed by atoms with Gasteiger partial charge in [0.2, 0.25) is 5.91 Å². The highest BCUT2D eigenvalue weighted by atomic mass is 16.5. The van der Waals surface area contributed by atoms with Gasteiger partial charge in [0.25, 0.3) is 5.91 Å². The molecule has 1 aromatic heterocycles. The monoisotopic (exact) mass is 450 g/mol. The van der Waals surface area contributed by atoms with Crippen molar-refractivity contribution in [2.24, 2.45) is 0 Å². The number of amides is 2. The fraction of sp³-hybridized carbons (Fsp3) is 0.440. The number of ether oxygens (including phenoxy) is 1. The smallest absolute Gasteiger partial charge is 0.359 e. The molecule has 8 heteroatoms. The molecule has 0 saturated carbocycles. The standard InChI is InChI=1S/C25H30N4O4/c1-25(24(32)26-15-19-11-7-4-8-12-19)16-28-17-27-20(23(31)33-2)21(28)22(30)29(25)14-13-18-9-5-3-6-10-18/h4,7-9,11-12,17H,3,5-6,10,13-16H2,1-2H3,(H,26,32)/t25-/m0/s1. The van der Waals surface area contributed by atoms with Crippen LogP contribution in [-0.2, 0) is 22.6 Å². The van der Waals surface area contributed by atoms with Gasteiger partial charge in [0, 0.05) is 13.1 Å². The van der Waals surface area contributed by atoms with Crippen molar-refractivity contribution in [2.45, 2.75) is 57.7 Å². The molecule has 2 aliphatic rings. The number of nitrogens with one attached hydrogen (secondary N) is 1. The molecule has 1 aliphatic heterocycles. The van der Waals surface area contributed by atoms with Gasteiger partial charge >= 0.3 is 5.97 Å². The van der Waals surface area contributed by atoms with Crippen LogP contribution < -0.4 is 5.32 Å². The van der Waals surface area contributed by atoms with Gasteiger partial charge in [0.15, 0.2) is 5.69 Å². The van der Waals surface area contributed by atoms with E-state index in [9.17, 15) is 14.4 Å². The van der Waals surface area contributed by atoms with Gasteiger partial charge in [-0.05, 0) is 44.6 Å². The Hall–Kier alpha value is -3.42. The van der Waals surface area contributed by atoms with E-state index in [1.807, 2.05) is 30.3 Å². The summed E-state index contributed by atoms with van der Waals surface area (Å²) in [6, 6.07) is 9.65. The molecule has 2 amide bonds. The van der Waals surface area contributed by atoms with Crippen LogP contribution in [0.25, 0.3) is 0 Å². The Morgan fingerprint density at radius 1 is 1.21 bits per heavy atom. The molecule has 4 rings (SSSR count). The summed E-state index contributed by atoms with van der Waals surface area (Å²) >= 11 is 0. The van der Waals surface area contributed by atoms with Crippen LogP contribution in [0, 0.1) is 0 Å². The zero-order valence-electron chi connectivity index (χ0n) is 19.2. The molecule has 8 nitrogen and oxygen atoms in total. The average Bonchev–Trinajstić information content (AvgIpc) is 3.26. The second kappa shape index (κ2) is 9.60. The number of fused-ring (bicyclic) bond motifs is 1. The molecule has 0 radical (unpaired) electrons. The molecule has 33 heavy (non-hydrogen) atoms. The average molecular weight is 451 g/mol. The van der Waals surface area contributed by atoms with Crippen LogP contribution in [0.2, 0.25) is 0 Å². The second-order valence-corrected chi connectivity index (χ2v) is 8.82. The SMILES string of the molecule is COC(=O)c1ncn2c1C(=O)N(CCC1=CCCCC1)[C@](C)(C(=O)NCc1ccccc1)C2. The summed E-state index contributed by atoms with van der Waals surface area (Å²) in [5.41, 5.74) is 1.33. The first-order chi connectivity index (χ1) is 15.9. The van der Waals surface area contributed by atoms with Gasteiger partial charge in [0.1, 0.15) is 11.2 Å². The number of benzene rings is 1. The number of nitrogens with zero attached hydrogens (tertiary/aromatic N) is 3. The van der Waals surface area contributed by atoms with Crippen LogP contribution in [0.3, 0.4) is 0 Å². The first kappa shape index (κ1) is 22.8. The number of rotatable bonds is 7. The minimum atomic E-state index is -1.12. The Morgan fingerprint density at radius 3 is 2.70 bits per heavy atom. The number of esters is 1. The first-order valence-corrected chi connectivity index (χ1v) is 11.4. The summed E-state index contributed by atoms with van der Waals surface area (Å²) in [4.78, 5) is 45.0. The quantitative estimate of drug-likeness (QED) is 0.517. The number of imidazole rings is 1. The number of carbonyl (C=O) groups is 3. The largest absolute Gasteiger partial charge is 0.464 e. The number of hydrogen-bond acceptors (Lipinski definition) is 5. The van der Waals surface area contributed by atoms with Crippen LogP contribution in [0.1, 0.15) is 65.6 Å². The van der Waals surface area contributed by atoms with Crippen molar-refractivity contribution >= 4 is 17.8 Å². The molecule has 0 spiro atoms. The lowest BCUT2D eigenvalue weighted by Crippen LogP contribution is -2.64. The van der Waals surface area contributed by atoms with E-state index in [-0.39, 0.29) is 29.7 Å². The summed E-state index contributed by atoms with van der Waals surface area (Å²) in [7, 11) is 1.26. The van der Waals surface area contributed by atoms with Gasteiger partial charge in [-0.3, -0.25) is 9.59 Å². The predicted octanol–water partition coefficient (Wildman–Crippen LogP) is 3.09. The number of aromatic nitrogens is 2. The highest BCUT2D eigenvalue weighted by Crippen LogP contribution is 2.31. The molecular weight excluding hydrogens is 420 g/mol. The topological polar surface area (TPSA) is 93.5 Å².